The van der Waals surface area contributed by atoms with E-state index in [4.69, 9.17) is 16.7 Å². The Morgan fingerprint density at radius 1 is 0.926 bits per heavy atom. The summed E-state index contributed by atoms with van der Waals surface area (Å²) in [5.41, 5.74) is 1.89. The number of hydrogen-bond acceptors (Lipinski definition) is 6. The van der Waals surface area contributed by atoms with Crippen molar-refractivity contribution in [1.29, 1.82) is 0 Å². The normalized spacial score (nSPS) is 18.6. The molecular formula is C19H22ClN7. The largest absolute Gasteiger partial charge is 0.370 e. The highest BCUT2D eigenvalue weighted by molar-refractivity contribution is 6.33. The van der Waals surface area contributed by atoms with Crippen molar-refractivity contribution in [3.05, 3.63) is 41.4 Å². The van der Waals surface area contributed by atoms with Crippen LogP contribution in [0.15, 0.2) is 30.6 Å². The third kappa shape index (κ3) is 3.10. The molecule has 0 unspecified atom stereocenters. The lowest BCUT2D eigenvalue weighted by Crippen LogP contribution is -2.33. The Hall–Kier alpha value is -2.41. The zero-order chi connectivity index (χ0) is 18.2. The second-order valence-corrected chi connectivity index (χ2v) is 7.71. The number of anilines is 2. The van der Waals surface area contributed by atoms with Crippen LogP contribution < -0.4 is 9.80 Å². The number of hydrogen-bond donors (Lipinski definition) is 0. The molecule has 0 N–H and O–H groups in total. The summed E-state index contributed by atoms with van der Waals surface area (Å²) in [6, 6.07) is 6.08. The molecule has 2 aliphatic heterocycles. The number of rotatable bonds is 3. The first-order valence-electron chi connectivity index (χ1n) is 9.61. The molecule has 0 bridgehead atoms. The lowest BCUT2D eigenvalue weighted by molar-refractivity contribution is 0.477. The van der Waals surface area contributed by atoms with Crippen LogP contribution in [0.5, 0.6) is 0 Å². The summed E-state index contributed by atoms with van der Waals surface area (Å²) >= 11 is 6.31. The molecule has 0 aliphatic carbocycles. The van der Waals surface area contributed by atoms with Gasteiger partial charge < -0.3 is 9.80 Å². The van der Waals surface area contributed by atoms with Gasteiger partial charge in [0.05, 0.1) is 10.7 Å². The molecule has 5 heterocycles. The molecule has 0 radical (unpaired) electrons. The van der Waals surface area contributed by atoms with Crippen LogP contribution in [0.2, 0.25) is 5.02 Å². The van der Waals surface area contributed by atoms with Gasteiger partial charge in [-0.1, -0.05) is 11.6 Å². The quantitative estimate of drug-likeness (QED) is 0.692. The van der Waals surface area contributed by atoms with E-state index in [1.807, 2.05) is 16.6 Å². The Kier molecular flexibility index (Phi) is 4.32. The van der Waals surface area contributed by atoms with Gasteiger partial charge in [-0.3, -0.25) is 4.98 Å². The molecule has 8 heteroatoms. The van der Waals surface area contributed by atoms with Crippen molar-refractivity contribution in [3.63, 3.8) is 0 Å². The third-order valence-corrected chi connectivity index (χ3v) is 5.95. The van der Waals surface area contributed by atoms with E-state index in [2.05, 4.69) is 31.0 Å². The smallest absolute Gasteiger partial charge is 0.178 e. The Bertz CT molecular complexity index is 942. The minimum absolute atomic E-state index is 0.359. The second-order valence-electron chi connectivity index (χ2n) is 7.30. The summed E-state index contributed by atoms with van der Waals surface area (Å²) < 4.78 is 1.95. The first-order valence-corrected chi connectivity index (χ1v) is 9.99. The summed E-state index contributed by atoms with van der Waals surface area (Å²) in [5.74, 6) is 2.37. The maximum atomic E-state index is 6.31. The van der Waals surface area contributed by atoms with Crippen LogP contribution in [0.3, 0.4) is 0 Å². The fourth-order valence-corrected chi connectivity index (χ4v) is 4.41. The van der Waals surface area contributed by atoms with Crippen LogP contribution in [0.1, 0.15) is 37.4 Å². The lowest BCUT2D eigenvalue weighted by Gasteiger charge is -2.33. The van der Waals surface area contributed by atoms with E-state index in [1.54, 1.807) is 12.4 Å². The maximum absolute atomic E-state index is 6.31. The van der Waals surface area contributed by atoms with Crippen LogP contribution in [-0.4, -0.2) is 51.0 Å². The van der Waals surface area contributed by atoms with Gasteiger partial charge in [-0.25, -0.2) is 0 Å². The number of nitrogens with zero attached hydrogens (tertiary/aromatic N) is 7. The summed E-state index contributed by atoms with van der Waals surface area (Å²) in [6.07, 6.45) is 8.00. The number of aromatic nitrogens is 5. The van der Waals surface area contributed by atoms with Crippen LogP contribution in [-0.2, 0) is 0 Å². The van der Waals surface area contributed by atoms with Crippen LogP contribution in [0.25, 0.3) is 5.65 Å². The average molecular weight is 384 g/mol. The molecule has 2 aliphatic rings. The van der Waals surface area contributed by atoms with Crippen molar-refractivity contribution < 1.29 is 0 Å². The first-order chi connectivity index (χ1) is 13.3. The fourth-order valence-electron chi connectivity index (χ4n) is 4.17. The van der Waals surface area contributed by atoms with Crippen molar-refractivity contribution in [2.75, 3.05) is 36.0 Å². The van der Waals surface area contributed by atoms with E-state index >= 15 is 0 Å². The van der Waals surface area contributed by atoms with Gasteiger partial charge in [0, 0.05) is 44.5 Å². The Morgan fingerprint density at radius 3 is 2.52 bits per heavy atom. The van der Waals surface area contributed by atoms with Gasteiger partial charge in [0.15, 0.2) is 11.5 Å². The average Bonchev–Trinajstić information content (AvgIpc) is 3.38. The molecule has 0 atom stereocenters. The molecular weight excluding hydrogens is 362 g/mol. The summed E-state index contributed by atoms with van der Waals surface area (Å²) in [6.45, 7) is 4.05. The first kappa shape index (κ1) is 16.7. The molecule has 0 spiro atoms. The molecule has 2 saturated heterocycles. The zero-order valence-electron chi connectivity index (χ0n) is 15.1. The molecule has 0 aromatic carbocycles. The zero-order valence-corrected chi connectivity index (χ0v) is 15.9. The highest BCUT2D eigenvalue weighted by Crippen LogP contribution is 2.32. The number of piperidine rings is 1. The van der Waals surface area contributed by atoms with E-state index in [0.29, 0.717) is 10.9 Å². The molecule has 0 amide bonds. The molecule has 0 saturated carbocycles. The Balaban J connectivity index is 1.37. The summed E-state index contributed by atoms with van der Waals surface area (Å²) in [7, 11) is 0. The van der Waals surface area contributed by atoms with E-state index in [1.165, 1.54) is 12.8 Å². The van der Waals surface area contributed by atoms with Gasteiger partial charge in [0.25, 0.3) is 0 Å². The Morgan fingerprint density at radius 2 is 1.74 bits per heavy atom. The predicted molar refractivity (Wildman–Crippen MR) is 106 cm³/mol. The van der Waals surface area contributed by atoms with Gasteiger partial charge >= 0.3 is 0 Å². The van der Waals surface area contributed by atoms with E-state index < -0.39 is 0 Å². The molecule has 140 valence electrons. The number of halogens is 1. The van der Waals surface area contributed by atoms with Crippen LogP contribution in [0.4, 0.5) is 11.5 Å². The standard InChI is InChI=1S/C19H22ClN7/c20-15-13-21-8-5-16(15)25-11-6-14(7-12-25)19-23-22-17-3-4-18(24-27(17)19)26-9-1-2-10-26/h3-5,8,13-14H,1-2,6-7,9-12H2. The molecule has 7 nitrogen and oxygen atoms in total. The number of pyridine rings is 1. The van der Waals surface area contributed by atoms with Crippen molar-refractivity contribution in [3.8, 4) is 0 Å². The van der Waals surface area contributed by atoms with E-state index in [-0.39, 0.29) is 0 Å². The van der Waals surface area contributed by atoms with Gasteiger partial charge in [0.1, 0.15) is 5.82 Å². The molecule has 2 fully saturated rings. The minimum atomic E-state index is 0.359. The SMILES string of the molecule is Clc1cnccc1N1CCC(c2nnc3ccc(N4CCCC4)nn23)CC1. The molecule has 5 rings (SSSR count). The maximum Gasteiger partial charge on any atom is 0.178 e. The topological polar surface area (TPSA) is 62.5 Å². The third-order valence-electron chi connectivity index (χ3n) is 5.65. The van der Waals surface area contributed by atoms with E-state index in [9.17, 15) is 0 Å². The van der Waals surface area contributed by atoms with Crippen LogP contribution >= 0.6 is 11.6 Å². The molecule has 3 aromatic rings. The van der Waals surface area contributed by atoms with Gasteiger partial charge in [-0.2, -0.15) is 4.52 Å². The molecule has 3 aromatic heterocycles. The lowest BCUT2D eigenvalue weighted by atomic mass is 9.96. The van der Waals surface area contributed by atoms with Gasteiger partial charge in [-0.15, -0.1) is 15.3 Å². The van der Waals surface area contributed by atoms with Crippen molar-refractivity contribution in [2.24, 2.45) is 0 Å². The van der Waals surface area contributed by atoms with E-state index in [0.717, 1.165) is 62.0 Å². The molecule has 27 heavy (non-hydrogen) atoms. The summed E-state index contributed by atoms with van der Waals surface area (Å²) in [4.78, 5) is 8.75. The van der Waals surface area contributed by atoms with Crippen LogP contribution in [0, 0.1) is 0 Å². The Labute approximate surface area is 163 Å². The minimum Gasteiger partial charge on any atom is -0.370 e. The monoisotopic (exact) mass is 383 g/mol. The van der Waals surface area contributed by atoms with Crippen molar-refractivity contribution >= 4 is 28.8 Å². The summed E-state index contributed by atoms with van der Waals surface area (Å²) in [5, 5.41) is 14.4. The van der Waals surface area contributed by atoms with Gasteiger partial charge in [-0.05, 0) is 43.9 Å². The predicted octanol–water partition coefficient (Wildman–Crippen LogP) is 3.16. The number of fused-ring (bicyclic) bond motifs is 1. The van der Waals surface area contributed by atoms with Crippen molar-refractivity contribution in [1.82, 2.24) is 24.8 Å². The van der Waals surface area contributed by atoms with Gasteiger partial charge in [0.2, 0.25) is 0 Å². The van der Waals surface area contributed by atoms with Crippen molar-refractivity contribution in [2.45, 2.75) is 31.6 Å². The highest BCUT2D eigenvalue weighted by Gasteiger charge is 2.26. The highest BCUT2D eigenvalue weighted by atomic mass is 35.5. The fraction of sp³-hybridized carbons (Fsp3) is 0.474. The second kappa shape index (κ2) is 6.96.